The van der Waals surface area contributed by atoms with Gasteiger partial charge in [-0.05, 0) is 52.0 Å². The smallest absolute Gasteiger partial charge is 0.239 e. The van der Waals surface area contributed by atoms with E-state index in [9.17, 15) is 9.59 Å². The first-order valence-electron chi connectivity index (χ1n) is 11.4. The van der Waals surface area contributed by atoms with Gasteiger partial charge in [0, 0.05) is 23.8 Å². The lowest BCUT2D eigenvalue weighted by atomic mass is 10.2. The topological polar surface area (TPSA) is 89.4 Å². The first kappa shape index (κ1) is 25.3. The SMILES string of the molecule is CCOc1ccc(-n2c(SCC(=O)N(CC)CC(=O)NC(C)C)nnc2-c2ccccc2)cc1. The van der Waals surface area contributed by atoms with Crippen LogP contribution in [0.25, 0.3) is 17.1 Å². The molecule has 0 spiro atoms. The van der Waals surface area contributed by atoms with E-state index in [4.69, 9.17) is 4.74 Å². The summed E-state index contributed by atoms with van der Waals surface area (Å²) in [5.74, 6) is 1.31. The molecule has 180 valence electrons. The Morgan fingerprint density at radius 2 is 1.76 bits per heavy atom. The summed E-state index contributed by atoms with van der Waals surface area (Å²) in [4.78, 5) is 26.5. The molecule has 1 N–H and O–H groups in total. The van der Waals surface area contributed by atoms with E-state index in [0.717, 1.165) is 17.0 Å². The minimum atomic E-state index is -0.167. The predicted molar refractivity (Wildman–Crippen MR) is 134 cm³/mol. The number of nitrogens with one attached hydrogen (secondary N) is 1. The summed E-state index contributed by atoms with van der Waals surface area (Å²) in [7, 11) is 0. The van der Waals surface area contributed by atoms with E-state index in [2.05, 4.69) is 15.5 Å². The Morgan fingerprint density at radius 3 is 2.38 bits per heavy atom. The highest BCUT2D eigenvalue weighted by Gasteiger charge is 2.20. The molecule has 2 amide bonds. The third-order valence-corrected chi connectivity index (χ3v) is 5.83. The minimum absolute atomic E-state index is 0.0276. The number of nitrogens with zero attached hydrogens (tertiary/aromatic N) is 4. The van der Waals surface area contributed by atoms with Crippen LogP contribution in [0.2, 0.25) is 0 Å². The number of benzene rings is 2. The van der Waals surface area contributed by atoms with Crippen LogP contribution in [0.5, 0.6) is 5.75 Å². The summed E-state index contributed by atoms with van der Waals surface area (Å²) in [6.45, 7) is 8.67. The summed E-state index contributed by atoms with van der Waals surface area (Å²) in [5.41, 5.74) is 1.79. The van der Waals surface area contributed by atoms with Gasteiger partial charge in [0.15, 0.2) is 11.0 Å². The van der Waals surface area contributed by atoms with E-state index in [1.807, 2.05) is 86.9 Å². The molecule has 1 aromatic heterocycles. The summed E-state index contributed by atoms with van der Waals surface area (Å²) < 4.78 is 7.50. The molecule has 8 nitrogen and oxygen atoms in total. The van der Waals surface area contributed by atoms with Crippen molar-refractivity contribution in [1.82, 2.24) is 25.0 Å². The molecule has 34 heavy (non-hydrogen) atoms. The molecule has 3 aromatic rings. The van der Waals surface area contributed by atoms with Gasteiger partial charge in [-0.2, -0.15) is 0 Å². The van der Waals surface area contributed by atoms with Gasteiger partial charge in [0.1, 0.15) is 5.75 Å². The number of thioether (sulfide) groups is 1. The van der Waals surface area contributed by atoms with Crippen LogP contribution < -0.4 is 10.1 Å². The molecule has 0 fully saturated rings. The highest BCUT2D eigenvalue weighted by molar-refractivity contribution is 7.99. The number of carbonyl (C=O) groups excluding carboxylic acids is 2. The normalized spacial score (nSPS) is 10.9. The van der Waals surface area contributed by atoms with E-state index in [0.29, 0.717) is 24.1 Å². The molecule has 2 aromatic carbocycles. The highest BCUT2D eigenvalue weighted by Crippen LogP contribution is 2.29. The van der Waals surface area contributed by atoms with Crippen molar-refractivity contribution in [3.63, 3.8) is 0 Å². The van der Waals surface area contributed by atoms with Crippen molar-refractivity contribution in [2.45, 2.75) is 38.9 Å². The lowest BCUT2D eigenvalue weighted by molar-refractivity contribution is -0.134. The Balaban J connectivity index is 1.83. The van der Waals surface area contributed by atoms with Crippen molar-refractivity contribution in [1.29, 1.82) is 0 Å². The molecule has 0 radical (unpaired) electrons. The van der Waals surface area contributed by atoms with Crippen LogP contribution in [0, 0.1) is 0 Å². The zero-order valence-corrected chi connectivity index (χ0v) is 20.8. The van der Waals surface area contributed by atoms with Crippen molar-refractivity contribution in [2.24, 2.45) is 0 Å². The van der Waals surface area contributed by atoms with Crippen molar-refractivity contribution in [3.05, 3.63) is 54.6 Å². The van der Waals surface area contributed by atoms with Gasteiger partial charge in [-0.1, -0.05) is 42.1 Å². The van der Waals surface area contributed by atoms with Gasteiger partial charge in [-0.3, -0.25) is 14.2 Å². The molecule has 0 aliphatic heterocycles. The summed E-state index contributed by atoms with van der Waals surface area (Å²) in [6, 6.07) is 17.5. The third-order valence-electron chi connectivity index (χ3n) is 4.91. The van der Waals surface area contributed by atoms with Crippen LogP contribution in [0.3, 0.4) is 0 Å². The molecule has 0 unspecified atom stereocenters. The molecule has 0 aliphatic carbocycles. The second-order valence-electron chi connectivity index (χ2n) is 7.85. The number of aromatic nitrogens is 3. The molecular weight excluding hydrogens is 450 g/mol. The van der Waals surface area contributed by atoms with E-state index in [1.165, 1.54) is 11.8 Å². The Kier molecular flexibility index (Phi) is 9.09. The number of amides is 2. The number of rotatable bonds is 11. The number of hydrogen-bond acceptors (Lipinski definition) is 6. The largest absolute Gasteiger partial charge is 0.494 e. The van der Waals surface area contributed by atoms with Gasteiger partial charge < -0.3 is 15.0 Å². The Labute approximate surface area is 204 Å². The van der Waals surface area contributed by atoms with Gasteiger partial charge in [0.2, 0.25) is 11.8 Å². The summed E-state index contributed by atoms with van der Waals surface area (Å²) in [5, 5.41) is 12.2. The van der Waals surface area contributed by atoms with Crippen molar-refractivity contribution < 1.29 is 14.3 Å². The van der Waals surface area contributed by atoms with E-state index in [-0.39, 0.29) is 30.2 Å². The van der Waals surface area contributed by atoms with Crippen LogP contribution in [0.1, 0.15) is 27.7 Å². The number of likely N-dealkylation sites (N-methyl/N-ethyl adjacent to an activating group) is 1. The zero-order valence-electron chi connectivity index (χ0n) is 20.0. The number of carbonyl (C=O) groups is 2. The quantitative estimate of drug-likeness (QED) is 0.419. The molecule has 0 atom stereocenters. The molecule has 1 heterocycles. The van der Waals surface area contributed by atoms with Crippen molar-refractivity contribution in [2.75, 3.05) is 25.4 Å². The second-order valence-corrected chi connectivity index (χ2v) is 8.80. The maximum Gasteiger partial charge on any atom is 0.239 e. The van der Waals surface area contributed by atoms with Crippen LogP contribution in [-0.4, -0.2) is 63.0 Å². The molecule has 3 rings (SSSR count). The summed E-state index contributed by atoms with van der Waals surface area (Å²) in [6.07, 6.45) is 0. The highest BCUT2D eigenvalue weighted by atomic mass is 32.2. The molecule has 0 aliphatic rings. The van der Waals surface area contributed by atoms with E-state index in [1.54, 1.807) is 4.90 Å². The van der Waals surface area contributed by atoms with Gasteiger partial charge in [-0.25, -0.2) is 0 Å². The molecule has 0 bridgehead atoms. The number of ether oxygens (including phenoxy) is 1. The van der Waals surface area contributed by atoms with Crippen LogP contribution in [0.4, 0.5) is 0 Å². The third kappa shape index (κ3) is 6.60. The average Bonchev–Trinajstić information content (AvgIpc) is 3.25. The standard InChI is InChI=1S/C25H31N5O3S/c1-5-29(16-22(31)26-18(3)4)23(32)17-34-25-28-27-24(19-10-8-7-9-11-19)30(25)20-12-14-21(15-13-20)33-6-2/h7-15,18H,5-6,16-17H2,1-4H3,(H,26,31). The van der Waals surface area contributed by atoms with Crippen LogP contribution in [-0.2, 0) is 9.59 Å². The average molecular weight is 482 g/mol. The maximum atomic E-state index is 12.9. The maximum absolute atomic E-state index is 12.9. The second kappa shape index (κ2) is 12.2. The fraction of sp³-hybridized carbons (Fsp3) is 0.360. The van der Waals surface area contributed by atoms with E-state index < -0.39 is 0 Å². The minimum Gasteiger partial charge on any atom is -0.494 e. The fourth-order valence-electron chi connectivity index (χ4n) is 3.36. The van der Waals surface area contributed by atoms with Crippen LogP contribution >= 0.6 is 11.8 Å². The Bertz CT molecular complexity index is 1080. The number of hydrogen-bond donors (Lipinski definition) is 1. The lowest BCUT2D eigenvalue weighted by Crippen LogP contribution is -2.43. The molecular formula is C25H31N5O3S. The molecule has 0 saturated carbocycles. The fourth-order valence-corrected chi connectivity index (χ4v) is 4.22. The van der Waals surface area contributed by atoms with Crippen molar-refractivity contribution in [3.8, 4) is 22.8 Å². The molecule has 9 heteroatoms. The van der Waals surface area contributed by atoms with Gasteiger partial charge >= 0.3 is 0 Å². The Hall–Kier alpha value is -3.33. The monoisotopic (exact) mass is 481 g/mol. The van der Waals surface area contributed by atoms with E-state index >= 15 is 0 Å². The van der Waals surface area contributed by atoms with Gasteiger partial charge in [-0.15, -0.1) is 10.2 Å². The van der Waals surface area contributed by atoms with Crippen molar-refractivity contribution >= 4 is 23.6 Å². The lowest BCUT2D eigenvalue weighted by Gasteiger charge is -2.21. The first-order chi connectivity index (χ1) is 16.4. The first-order valence-corrected chi connectivity index (χ1v) is 12.4. The van der Waals surface area contributed by atoms with Gasteiger partial charge in [0.25, 0.3) is 0 Å². The zero-order chi connectivity index (χ0) is 24.5. The molecule has 0 saturated heterocycles. The van der Waals surface area contributed by atoms with Crippen LogP contribution in [0.15, 0.2) is 59.8 Å². The Morgan fingerprint density at radius 1 is 1.06 bits per heavy atom. The summed E-state index contributed by atoms with van der Waals surface area (Å²) >= 11 is 1.30. The predicted octanol–water partition coefficient (Wildman–Crippen LogP) is 3.80. The van der Waals surface area contributed by atoms with Gasteiger partial charge in [0.05, 0.1) is 18.9 Å².